The van der Waals surface area contributed by atoms with Crippen LogP contribution in [0.3, 0.4) is 0 Å². The molecule has 0 aromatic carbocycles. The van der Waals surface area contributed by atoms with Crippen LogP contribution in [-0.4, -0.2) is 36.6 Å². The zero-order valence-corrected chi connectivity index (χ0v) is 13.3. The van der Waals surface area contributed by atoms with Gasteiger partial charge in [-0.05, 0) is 31.1 Å². The molecule has 0 aromatic heterocycles. The van der Waals surface area contributed by atoms with E-state index in [1.807, 2.05) is 0 Å². The zero-order chi connectivity index (χ0) is 13.7. The van der Waals surface area contributed by atoms with Crippen molar-refractivity contribution in [3.05, 3.63) is 0 Å². The predicted molar refractivity (Wildman–Crippen MR) is 83.5 cm³/mol. The molecule has 2 aliphatic rings. The molecular weight excluding hydrogens is 232 g/mol. The molecule has 2 fully saturated rings. The van der Waals surface area contributed by atoms with Gasteiger partial charge in [0.2, 0.25) is 0 Å². The van der Waals surface area contributed by atoms with Gasteiger partial charge in [0.05, 0.1) is 0 Å². The Morgan fingerprint density at radius 3 is 2.42 bits per heavy atom. The lowest BCUT2D eigenvalue weighted by molar-refractivity contribution is 0.117. The second-order valence-electron chi connectivity index (χ2n) is 7.32. The first-order chi connectivity index (χ1) is 9.17. The van der Waals surface area contributed by atoms with Crippen molar-refractivity contribution in [1.82, 2.24) is 10.2 Å². The SMILES string of the molecule is CCC1CC(NC2CCCCC2)CN(CC(C)C)C1. The highest BCUT2D eigenvalue weighted by Gasteiger charge is 2.28. The molecule has 1 aliphatic carbocycles. The lowest BCUT2D eigenvalue weighted by Crippen LogP contribution is -2.52. The number of hydrogen-bond acceptors (Lipinski definition) is 2. The summed E-state index contributed by atoms with van der Waals surface area (Å²) in [6.07, 6.45) is 9.92. The summed E-state index contributed by atoms with van der Waals surface area (Å²) >= 11 is 0. The van der Waals surface area contributed by atoms with E-state index in [0.29, 0.717) is 0 Å². The van der Waals surface area contributed by atoms with Gasteiger partial charge in [-0.25, -0.2) is 0 Å². The minimum atomic E-state index is 0.751. The van der Waals surface area contributed by atoms with Gasteiger partial charge in [0.1, 0.15) is 0 Å². The number of nitrogens with zero attached hydrogens (tertiary/aromatic N) is 1. The number of nitrogens with one attached hydrogen (secondary N) is 1. The number of hydrogen-bond donors (Lipinski definition) is 1. The molecule has 2 rings (SSSR count). The van der Waals surface area contributed by atoms with E-state index < -0.39 is 0 Å². The van der Waals surface area contributed by atoms with Crippen LogP contribution in [0.2, 0.25) is 0 Å². The Morgan fingerprint density at radius 1 is 1.05 bits per heavy atom. The Labute approximate surface area is 120 Å². The summed E-state index contributed by atoms with van der Waals surface area (Å²) in [6, 6.07) is 1.57. The second-order valence-corrected chi connectivity index (χ2v) is 7.32. The summed E-state index contributed by atoms with van der Waals surface area (Å²) in [6.45, 7) is 10.9. The molecule has 0 aromatic rings. The smallest absolute Gasteiger partial charge is 0.0200 e. The van der Waals surface area contributed by atoms with Crippen molar-refractivity contribution in [1.29, 1.82) is 0 Å². The highest BCUT2D eigenvalue weighted by atomic mass is 15.2. The molecule has 0 bridgehead atoms. The molecule has 0 amide bonds. The van der Waals surface area contributed by atoms with Gasteiger partial charge in [-0.3, -0.25) is 0 Å². The summed E-state index contributed by atoms with van der Waals surface area (Å²) in [4.78, 5) is 2.71. The molecule has 19 heavy (non-hydrogen) atoms. The van der Waals surface area contributed by atoms with Crippen LogP contribution in [0.15, 0.2) is 0 Å². The molecule has 1 heterocycles. The third kappa shape index (κ3) is 5.07. The Bertz CT molecular complexity index is 246. The van der Waals surface area contributed by atoms with E-state index in [9.17, 15) is 0 Å². The molecule has 1 saturated carbocycles. The van der Waals surface area contributed by atoms with Gasteiger partial charge in [-0.2, -0.15) is 0 Å². The highest BCUT2D eigenvalue weighted by Crippen LogP contribution is 2.23. The van der Waals surface area contributed by atoms with Gasteiger partial charge in [0.25, 0.3) is 0 Å². The Kier molecular flexibility index (Phi) is 6.15. The molecule has 2 heteroatoms. The van der Waals surface area contributed by atoms with Crippen LogP contribution in [-0.2, 0) is 0 Å². The van der Waals surface area contributed by atoms with Gasteiger partial charge in [0, 0.05) is 31.7 Å². The van der Waals surface area contributed by atoms with Crippen LogP contribution in [0.25, 0.3) is 0 Å². The fourth-order valence-electron chi connectivity index (χ4n) is 3.99. The third-order valence-electron chi connectivity index (χ3n) is 4.89. The van der Waals surface area contributed by atoms with Crippen molar-refractivity contribution in [2.75, 3.05) is 19.6 Å². The van der Waals surface area contributed by atoms with Crippen molar-refractivity contribution < 1.29 is 0 Å². The number of likely N-dealkylation sites (tertiary alicyclic amines) is 1. The van der Waals surface area contributed by atoms with Crippen LogP contribution < -0.4 is 5.32 Å². The summed E-state index contributed by atoms with van der Waals surface area (Å²) < 4.78 is 0. The van der Waals surface area contributed by atoms with E-state index in [-0.39, 0.29) is 0 Å². The topological polar surface area (TPSA) is 15.3 Å². The van der Waals surface area contributed by atoms with Gasteiger partial charge in [0.15, 0.2) is 0 Å². The second kappa shape index (κ2) is 7.64. The standard InChI is InChI=1S/C17H34N2/c1-4-15-10-17(13-19(12-15)11-14(2)3)18-16-8-6-5-7-9-16/h14-18H,4-13H2,1-3H3. The first-order valence-corrected chi connectivity index (χ1v) is 8.65. The quantitative estimate of drug-likeness (QED) is 0.817. The van der Waals surface area contributed by atoms with Gasteiger partial charge in [-0.1, -0.05) is 46.5 Å². The predicted octanol–water partition coefficient (Wildman–Crippen LogP) is 3.67. The Morgan fingerprint density at radius 2 is 1.79 bits per heavy atom. The molecule has 112 valence electrons. The van der Waals surface area contributed by atoms with Crippen LogP contribution >= 0.6 is 0 Å². The van der Waals surface area contributed by atoms with Gasteiger partial charge < -0.3 is 10.2 Å². The molecule has 1 saturated heterocycles. The molecule has 1 N–H and O–H groups in total. The van der Waals surface area contributed by atoms with E-state index in [4.69, 9.17) is 0 Å². The summed E-state index contributed by atoms with van der Waals surface area (Å²) in [5.41, 5.74) is 0. The van der Waals surface area contributed by atoms with Crippen molar-refractivity contribution in [2.45, 2.75) is 77.8 Å². The van der Waals surface area contributed by atoms with Crippen LogP contribution in [0.5, 0.6) is 0 Å². The average molecular weight is 266 g/mol. The normalized spacial score (nSPS) is 30.9. The van der Waals surface area contributed by atoms with Gasteiger partial charge in [-0.15, -0.1) is 0 Å². The highest BCUT2D eigenvalue weighted by molar-refractivity contribution is 4.86. The van der Waals surface area contributed by atoms with Crippen LogP contribution in [0, 0.1) is 11.8 Å². The largest absolute Gasteiger partial charge is 0.310 e. The van der Waals surface area contributed by atoms with Crippen molar-refractivity contribution in [3.63, 3.8) is 0 Å². The van der Waals surface area contributed by atoms with E-state index in [0.717, 1.165) is 23.9 Å². The first kappa shape index (κ1) is 15.3. The van der Waals surface area contributed by atoms with Crippen molar-refractivity contribution in [2.24, 2.45) is 11.8 Å². The van der Waals surface area contributed by atoms with Crippen LogP contribution in [0.4, 0.5) is 0 Å². The maximum atomic E-state index is 3.98. The Hall–Kier alpha value is -0.0800. The minimum absolute atomic E-state index is 0.751. The fraction of sp³-hybridized carbons (Fsp3) is 1.00. The van der Waals surface area contributed by atoms with E-state index in [1.54, 1.807) is 0 Å². The maximum absolute atomic E-state index is 3.98. The summed E-state index contributed by atoms with van der Waals surface area (Å²) in [5.74, 6) is 1.71. The van der Waals surface area contributed by atoms with E-state index in [1.165, 1.54) is 64.6 Å². The number of rotatable bonds is 5. The van der Waals surface area contributed by atoms with Crippen molar-refractivity contribution in [3.8, 4) is 0 Å². The fourth-order valence-corrected chi connectivity index (χ4v) is 3.99. The van der Waals surface area contributed by atoms with Crippen molar-refractivity contribution >= 4 is 0 Å². The Balaban J connectivity index is 1.83. The third-order valence-corrected chi connectivity index (χ3v) is 4.89. The van der Waals surface area contributed by atoms with Crippen LogP contribution in [0.1, 0.15) is 65.7 Å². The molecule has 2 nitrogen and oxygen atoms in total. The number of piperidine rings is 1. The van der Waals surface area contributed by atoms with E-state index >= 15 is 0 Å². The molecule has 2 atom stereocenters. The lowest BCUT2D eigenvalue weighted by atomic mass is 9.89. The molecule has 1 aliphatic heterocycles. The minimum Gasteiger partial charge on any atom is -0.310 e. The molecule has 0 radical (unpaired) electrons. The van der Waals surface area contributed by atoms with Gasteiger partial charge >= 0.3 is 0 Å². The monoisotopic (exact) mass is 266 g/mol. The van der Waals surface area contributed by atoms with E-state index in [2.05, 4.69) is 31.0 Å². The molecule has 2 unspecified atom stereocenters. The first-order valence-electron chi connectivity index (χ1n) is 8.65. The lowest BCUT2D eigenvalue weighted by Gasteiger charge is -2.40. The zero-order valence-electron chi connectivity index (χ0n) is 13.3. The maximum Gasteiger partial charge on any atom is 0.0200 e. The summed E-state index contributed by atoms with van der Waals surface area (Å²) in [7, 11) is 0. The molecule has 0 spiro atoms. The average Bonchev–Trinajstić information content (AvgIpc) is 2.38. The summed E-state index contributed by atoms with van der Waals surface area (Å²) in [5, 5.41) is 3.98. The molecular formula is C17H34N2.